The van der Waals surface area contributed by atoms with E-state index >= 15 is 0 Å². The molecule has 4 nitrogen and oxygen atoms in total. The predicted molar refractivity (Wildman–Crippen MR) is 132 cm³/mol. The second-order valence-corrected chi connectivity index (χ2v) is 9.05. The molecule has 0 spiro atoms. The SMILES string of the molecule is CC1=NN(c2cccc(C)c2)C(=O)C1=Cc1cc(Br)cc(Br)c1OCc1ccccc1. The Kier molecular flexibility index (Phi) is 6.39. The first-order chi connectivity index (χ1) is 14.9. The molecule has 0 bridgehead atoms. The van der Waals surface area contributed by atoms with Crippen molar-refractivity contribution in [2.24, 2.45) is 5.10 Å². The van der Waals surface area contributed by atoms with Gasteiger partial charge >= 0.3 is 0 Å². The van der Waals surface area contributed by atoms with Crippen molar-refractivity contribution in [2.45, 2.75) is 20.5 Å². The maximum atomic E-state index is 13.2. The Morgan fingerprint density at radius 2 is 1.77 bits per heavy atom. The number of carbonyl (C=O) groups is 1. The van der Waals surface area contributed by atoms with Gasteiger partial charge in [-0.05, 0) is 71.2 Å². The third kappa shape index (κ3) is 4.81. The number of carbonyl (C=O) groups excluding carboxylic acids is 1. The standard InChI is InChI=1S/C25H20Br2N2O2/c1-16-7-6-10-21(11-16)29-25(30)22(17(2)28-29)13-19-12-20(26)14-23(27)24(19)31-15-18-8-4-3-5-9-18/h3-14H,15H2,1-2H3. The molecular weight excluding hydrogens is 520 g/mol. The van der Waals surface area contributed by atoms with Crippen LogP contribution in [0.2, 0.25) is 0 Å². The number of hydrogen-bond donors (Lipinski definition) is 0. The molecule has 1 aliphatic heterocycles. The van der Waals surface area contributed by atoms with E-state index < -0.39 is 0 Å². The van der Waals surface area contributed by atoms with Crippen molar-refractivity contribution in [3.63, 3.8) is 0 Å². The van der Waals surface area contributed by atoms with Crippen LogP contribution < -0.4 is 9.75 Å². The third-order valence-electron chi connectivity index (χ3n) is 4.87. The van der Waals surface area contributed by atoms with Crippen LogP contribution in [0.5, 0.6) is 5.75 Å². The topological polar surface area (TPSA) is 41.9 Å². The van der Waals surface area contributed by atoms with Gasteiger partial charge in [0.15, 0.2) is 0 Å². The summed E-state index contributed by atoms with van der Waals surface area (Å²) in [6.45, 7) is 4.26. The summed E-state index contributed by atoms with van der Waals surface area (Å²) in [5, 5.41) is 5.94. The first-order valence-corrected chi connectivity index (χ1v) is 11.3. The van der Waals surface area contributed by atoms with E-state index in [4.69, 9.17) is 4.74 Å². The fourth-order valence-corrected chi connectivity index (χ4v) is 4.72. The minimum absolute atomic E-state index is 0.159. The summed E-state index contributed by atoms with van der Waals surface area (Å²) in [6, 6.07) is 21.6. The third-order valence-corrected chi connectivity index (χ3v) is 5.92. The van der Waals surface area contributed by atoms with Crippen LogP contribution >= 0.6 is 31.9 Å². The number of aryl methyl sites for hydroxylation is 1. The molecule has 3 aromatic rings. The van der Waals surface area contributed by atoms with Crippen LogP contribution in [0.1, 0.15) is 23.6 Å². The monoisotopic (exact) mass is 538 g/mol. The molecule has 1 aliphatic rings. The predicted octanol–water partition coefficient (Wildman–Crippen LogP) is 6.91. The zero-order valence-electron chi connectivity index (χ0n) is 17.1. The Balaban J connectivity index is 1.68. The average molecular weight is 540 g/mol. The molecule has 0 aliphatic carbocycles. The van der Waals surface area contributed by atoms with Gasteiger partial charge < -0.3 is 4.74 Å². The number of anilines is 1. The van der Waals surface area contributed by atoms with E-state index in [0.29, 0.717) is 23.6 Å². The molecule has 31 heavy (non-hydrogen) atoms. The van der Waals surface area contributed by atoms with Gasteiger partial charge in [0.1, 0.15) is 12.4 Å². The number of hydrogen-bond acceptors (Lipinski definition) is 3. The van der Waals surface area contributed by atoms with E-state index in [1.807, 2.05) is 86.7 Å². The van der Waals surface area contributed by atoms with Gasteiger partial charge in [0.05, 0.1) is 21.4 Å². The second-order valence-electron chi connectivity index (χ2n) is 7.28. The lowest BCUT2D eigenvalue weighted by atomic mass is 10.1. The Hall–Kier alpha value is -2.70. The Morgan fingerprint density at radius 1 is 1.00 bits per heavy atom. The molecule has 0 N–H and O–H groups in total. The summed E-state index contributed by atoms with van der Waals surface area (Å²) < 4.78 is 7.83. The molecule has 0 atom stereocenters. The summed E-state index contributed by atoms with van der Waals surface area (Å²) in [5.74, 6) is 0.516. The van der Waals surface area contributed by atoms with E-state index in [9.17, 15) is 4.79 Å². The average Bonchev–Trinajstić information content (AvgIpc) is 3.02. The molecule has 0 fully saturated rings. The number of nitrogens with zero attached hydrogens (tertiary/aromatic N) is 2. The Labute approximate surface area is 198 Å². The highest BCUT2D eigenvalue weighted by Gasteiger charge is 2.29. The number of amides is 1. The zero-order chi connectivity index (χ0) is 22.0. The normalized spacial score (nSPS) is 14.8. The minimum Gasteiger partial charge on any atom is -0.487 e. The number of benzene rings is 3. The summed E-state index contributed by atoms with van der Waals surface area (Å²) >= 11 is 7.14. The number of halogens is 2. The summed E-state index contributed by atoms with van der Waals surface area (Å²) in [7, 11) is 0. The molecule has 0 unspecified atom stereocenters. The number of hydrazone groups is 1. The van der Waals surface area contributed by atoms with Crippen LogP contribution in [0.3, 0.4) is 0 Å². The molecule has 0 saturated heterocycles. The highest BCUT2D eigenvalue weighted by atomic mass is 79.9. The first-order valence-electron chi connectivity index (χ1n) is 9.76. The van der Waals surface area contributed by atoms with Crippen molar-refractivity contribution in [3.8, 4) is 5.75 Å². The molecule has 0 saturated carbocycles. The number of ether oxygens (including phenoxy) is 1. The maximum absolute atomic E-state index is 13.2. The molecular formula is C25H20Br2N2O2. The maximum Gasteiger partial charge on any atom is 0.280 e. The van der Waals surface area contributed by atoms with Crippen LogP contribution in [0.15, 0.2) is 86.3 Å². The van der Waals surface area contributed by atoms with Crippen LogP contribution in [0.25, 0.3) is 6.08 Å². The lowest BCUT2D eigenvalue weighted by molar-refractivity contribution is -0.114. The highest BCUT2D eigenvalue weighted by Crippen LogP contribution is 2.36. The molecule has 1 amide bonds. The van der Waals surface area contributed by atoms with Gasteiger partial charge in [-0.25, -0.2) is 0 Å². The Bertz CT molecular complexity index is 1200. The molecule has 0 aromatic heterocycles. The van der Waals surface area contributed by atoms with E-state index in [0.717, 1.165) is 31.3 Å². The van der Waals surface area contributed by atoms with E-state index in [1.54, 1.807) is 0 Å². The van der Waals surface area contributed by atoms with Gasteiger partial charge in [-0.2, -0.15) is 10.1 Å². The summed E-state index contributed by atoms with van der Waals surface area (Å²) in [6.07, 6.45) is 1.84. The molecule has 3 aromatic carbocycles. The molecule has 1 heterocycles. The number of rotatable bonds is 5. The van der Waals surface area contributed by atoms with Crippen LogP contribution in [0, 0.1) is 6.92 Å². The first kappa shape index (κ1) is 21.5. The van der Waals surface area contributed by atoms with Crippen LogP contribution in [-0.4, -0.2) is 11.6 Å². The smallest absolute Gasteiger partial charge is 0.280 e. The molecule has 4 rings (SSSR count). The molecule has 156 valence electrons. The summed E-state index contributed by atoms with van der Waals surface area (Å²) in [4.78, 5) is 13.2. The van der Waals surface area contributed by atoms with Gasteiger partial charge in [0.2, 0.25) is 0 Å². The van der Waals surface area contributed by atoms with Gasteiger partial charge in [0.25, 0.3) is 5.91 Å². The van der Waals surface area contributed by atoms with Crippen LogP contribution in [0.4, 0.5) is 5.69 Å². The van der Waals surface area contributed by atoms with Crippen molar-refractivity contribution >= 4 is 55.2 Å². The van der Waals surface area contributed by atoms with Gasteiger partial charge in [0, 0.05) is 10.0 Å². The van der Waals surface area contributed by atoms with Gasteiger partial charge in [-0.15, -0.1) is 0 Å². The fraction of sp³-hybridized carbons (Fsp3) is 0.120. The molecule has 0 radical (unpaired) electrons. The zero-order valence-corrected chi connectivity index (χ0v) is 20.3. The van der Waals surface area contributed by atoms with Crippen molar-refractivity contribution < 1.29 is 9.53 Å². The van der Waals surface area contributed by atoms with Crippen molar-refractivity contribution in [1.29, 1.82) is 0 Å². The van der Waals surface area contributed by atoms with Gasteiger partial charge in [-0.3, -0.25) is 4.79 Å². The lowest BCUT2D eigenvalue weighted by Crippen LogP contribution is -2.21. The van der Waals surface area contributed by atoms with Crippen molar-refractivity contribution in [2.75, 3.05) is 5.01 Å². The highest BCUT2D eigenvalue weighted by molar-refractivity contribution is 9.11. The summed E-state index contributed by atoms with van der Waals surface area (Å²) in [5.41, 5.74) is 4.89. The van der Waals surface area contributed by atoms with Gasteiger partial charge in [-0.1, -0.05) is 58.4 Å². The van der Waals surface area contributed by atoms with Crippen molar-refractivity contribution in [3.05, 3.63) is 97.9 Å². The minimum atomic E-state index is -0.159. The second kappa shape index (κ2) is 9.20. The van der Waals surface area contributed by atoms with E-state index in [-0.39, 0.29) is 5.91 Å². The van der Waals surface area contributed by atoms with Crippen LogP contribution in [-0.2, 0) is 11.4 Å². The quantitative estimate of drug-likeness (QED) is 0.331. The lowest BCUT2D eigenvalue weighted by Gasteiger charge is -2.14. The molecule has 6 heteroatoms. The van der Waals surface area contributed by atoms with E-state index in [1.165, 1.54) is 5.01 Å². The largest absolute Gasteiger partial charge is 0.487 e. The fourth-order valence-electron chi connectivity index (χ4n) is 3.34. The van der Waals surface area contributed by atoms with Crippen molar-refractivity contribution in [1.82, 2.24) is 0 Å². The Morgan fingerprint density at radius 3 is 2.52 bits per heavy atom. The van der Waals surface area contributed by atoms with E-state index in [2.05, 4.69) is 37.0 Å².